The Morgan fingerprint density at radius 1 is 1.07 bits per heavy atom. The smallest absolute Gasteiger partial charge is 0.0777 e. The van der Waals surface area contributed by atoms with E-state index in [2.05, 4.69) is 15.3 Å². The van der Waals surface area contributed by atoms with Gasteiger partial charge in [-0.1, -0.05) is 18.2 Å². The standard InChI is InChI=1S/C11H11N3/c1-2-4-10(5-3-1)14-9-11-8-12-6-7-13-11/h1-8,14H,9H2. The molecule has 0 bridgehead atoms. The van der Waals surface area contributed by atoms with Gasteiger partial charge in [0, 0.05) is 18.1 Å². The van der Waals surface area contributed by atoms with Crippen LogP contribution in [0.15, 0.2) is 48.9 Å². The lowest BCUT2D eigenvalue weighted by Gasteiger charge is -2.04. The van der Waals surface area contributed by atoms with E-state index < -0.39 is 0 Å². The summed E-state index contributed by atoms with van der Waals surface area (Å²) in [5.74, 6) is 0. The molecule has 70 valence electrons. The van der Waals surface area contributed by atoms with Gasteiger partial charge >= 0.3 is 0 Å². The van der Waals surface area contributed by atoms with Crippen molar-refractivity contribution in [2.45, 2.75) is 6.54 Å². The van der Waals surface area contributed by atoms with Crippen molar-refractivity contribution in [1.82, 2.24) is 9.97 Å². The molecule has 0 aliphatic carbocycles. The number of rotatable bonds is 3. The van der Waals surface area contributed by atoms with Crippen molar-refractivity contribution in [2.75, 3.05) is 5.32 Å². The first-order valence-electron chi connectivity index (χ1n) is 4.49. The molecule has 14 heavy (non-hydrogen) atoms. The quantitative estimate of drug-likeness (QED) is 0.795. The van der Waals surface area contributed by atoms with Gasteiger partial charge in [-0.15, -0.1) is 0 Å². The number of aromatic nitrogens is 2. The Kier molecular flexibility index (Phi) is 2.71. The summed E-state index contributed by atoms with van der Waals surface area (Å²) in [5.41, 5.74) is 2.04. The lowest BCUT2D eigenvalue weighted by Crippen LogP contribution is -2.01. The number of hydrogen-bond acceptors (Lipinski definition) is 3. The molecular weight excluding hydrogens is 174 g/mol. The van der Waals surface area contributed by atoms with Crippen LogP contribution in [-0.4, -0.2) is 9.97 Å². The minimum absolute atomic E-state index is 0.706. The molecule has 0 spiro atoms. The van der Waals surface area contributed by atoms with Gasteiger partial charge in [0.2, 0.25) is 0 Å². The van der Waals surface area contributed by atoms with Crippen molar-refractivity contribution >= 4 is 5.69 Å². The molecule has 0 saturated carbocycles. The number of para-hydroxylation sites is 1. The van der Waals surface area contributed by atoms with Gasteiger partial charge in [0.05, 0.1) is 18.4 Å². The molecule has 0 atom stereocenters. The number of nitrogens with zero attached hydrogens (tertiary/aromatic N) is 2. The Labute approximate surface area is 82.8 Å². The van der Waals surface area contributed by atoms with Gasteiger partial charge in [0.1, 0.15) is 0 Å². The summed E-state index contributed by atoms with van der Waals surface area (Å²) in [7, 11) is 0. The second-order valence-corrected chi connectivity index (χ2v) is 2.92. The predicted molar refractivity (Wildman–Crippen MR) is 55.8 cm³/mol. The maximum atomic E-state index is 4.17. The molecule has 1 aromatic carbocycles. The highest BCUT2D eigenvalue weighted by Crippen LogP contribution is 2.05. The lowest BCUT2D eigenvalue weighted by molar-refractivity contribution is 1.01. The van der Waals surface area contributed by atoms with Crippen LogP contribution in [0, 0.1) is 0 Å². The van der Waals surface area contributed by atoms with Crippen molar-refractivity contribution in [3.8, 4) is 0 Å². The highest BCUT2D eigenvalue weighted by atomic mass is 14.9. The Morgan fingerprint density at radius 2 is 1.93 bits per heavy atom. The van der Waals surface area contributed by atoms with Gasteiger partial charge < -0.3 is 5.32 Å². The van der Waals surface area contributed by atoms with Gasteiger partial charge in [-0.2, -0.15) is 0 Å². The van der Waals surface area contributed by atoms with Crippen molar-refractivity contribution in [2.24, 2.45) is 0 Å². The summed E-state index contributed by atoms with van der Waals surface area (Å²) in [5, 5.41) is 3.26. The minimum atomic E-state index is 0.706. The zero-order valence-corrected chi connectivity index (χ0v) is 7.72. The molecule has 0 aliphatic heterocycles. The van der Waals surface area contributed by atoms with Gasteiger partial charge in [0.25, 0.3) is 0 Å². The molecule has 1 N–H and O–H groups in total. The summed E-state index contributed by atoms with van der Waals surface area (Å²) in [4.78, 5) is 8.16. The molecular formula is C11H11N3. The van der Waals surface area contributed by atoms with Gasteiger partial charge in [-0.3, -0.25) is 9.97 Å². The third kappa shape index (κ3) is 2.29. The van der Waals surface area contributed by atoms with E-state index in [1.807, 2.05) is 30.3 Å². The monoisotopic (exact) mass is 185 g/mol. The van der Waals surface area contributed by atoms with Crippen molar-refractivity contribution in [1.29, 1.82) is 0 Å². The van der Waals surface area contributed by atoms with E-state index in [9.17, 15) is 0 Å². The fourth-order valence-corrected chi connectivity index (χ4v) is 1.17. The molecule has 0 unspecified atom stereocenters. The molecule has 0 fully saturated rings. The Morgan fingerprint density at radius 3 is 2.64 bits per heavy atom. The van der Waals surface area contributed by atoms with E-state index in [1.165, 1.54) is 0 Å². The SMILES string of the molecule is c1ccc(NCc2cnccn2)cc1. The van der Waals surface area contributed by atoms with Crippen molar-refractivity contribution in [3.63, 3.8) is 0 Å². The van der Waals surface area contributed by atoms with Crippen LogP contribution in [0.1, 0.15) is 5.69 Å². The fraction of sp³-hybridized carbons (Fsp3) is 0.0909. The van der Waals surface area contributed by atoms with Crippen LogP contribution in [0.3, 0.4) is 0 Å². The molecule has 3 nitrogen and oxygen atoms in total. The Hall–Kier alpha value is -1.90. The predicted octanol–water partition coefficient (Wildman–Crippen LogP) is 2.09. The maximum Gasteiger partial charge on any atom is 0.0777 e. The van der Waals surface area contributed by atoms with Crippen molar-refractivity contribution < 1.29 is 0 Å². The van der Waals surface area contributed by atoms with Gasteiger partial charge in [-0.25, -0.2) is 0 Å². The molecule has 0 radical (unpaired) electrons. The fourth-order valence-electron chi connectivity index (χ4n) is 1.17. The summed E-state index contributed by atoms with van der Waals surface area (Å²) in [6, 6.07) is 10.0. The Balaban J connectivity index is 1.96. The highest BCUT2D eigenvalue weighted by Gasteiger charge is 1.92. The largest absolute Gasteiger partial charge is 0.379 e. The number of nitrogens with one attached hydrogen (secondary N) is 1. The van der Waals surface area contributed by atoms with Crippen LogP contribution in [0.2, 0.25) is 0 Å². The second-order valence-electron chi connectivity index (χ2n) is 2.92. The first-order chi connectivity index (χ1) is 6.95. The summed E-state index contributed by atoms with van der Waals surface area (Å²) in [6.07, 6.45) is 5.13. The van der Waals surface area contributed by atoms with Crippen LogP contribution >= 0.6 is 0 Å². The molecule has 2 rings (SSSR count). The third-order valence-corrected chi connectivity index (χ3v) is 1.86. The van der Waals surface area contributed by atoms with Gasteiger partial charge in [-0.05, 0) is 12.1 Å². The van der Waals surface area contributed by atoms with E-state index in [4.69, 9.17) is 0 Å². The molecule has 0 amide bonds. The topological polar surface area (TPSA) is 37.8 Å². The van der Waals surface area contributed by atoms with Crippen LogP contribution in [0.4, 0.5) is 5.69 Å². The molecule has 0 aliphatic rings. The van der Waals surface area contributed by atoms with E-state index >= 15 is 0 Å². The maximum absolute atomic E-state index is 4.17. The zero-order valence-electron chi connectivity index (χ0n) is 7.72. The lowest BCUT2D eigenvalue weighted by atomic mass is 10.3. The summed E-state index contributed by atoms with van der Waals surface area (Å²) >= 11 is 0. The highest BCUT2D eigenvalue weighted by molar-refractivity contribution is 5.42. The van der Waals surface area contributed by atoms with Crippen molar-refractivity contribution in [3.05, 3.63) is 54.6 Å². The number of hydrogen-bond donors (Lipinski definition) is 1. The zero-order chi connectivity index (χ0) is 9.64. The van der Waals surface area contributed by atoms with E-state index in [0.29, 0.717) is 6.54 Å². The number of anilines is 1. The van der Waals surface area contributed by atoms with E-state index in [-0.39, 0.29) is 0 Å². The van der Waals surface area contributed by atoms with E-state index in [0.717, 1.165) is 11.4 Å². The Bertz CT molecular complexity index is 333. The summed E-state index contributed by atoms with van der Waals surface area (Å²) in [6.45, 7) is 0.706. The van der Waals surface area contributed by atoms with Gasteiger partial charge in [0.15, 0.2) is 0 Å². The molecule has 1 aromatic heterocycles. The first kappa shape index (κ1) is 8.69. The minimum Gasteiger partial charge on any atom is -0.379 e. The average molecular weight is 185 g/mol. The first-order valence-corrected chi connectivity index (χ1v) is 4.49. The normalized spacial score (nSPS) is 9.71. The molecule has 2 aromatic rings. The second kappa shape index (κ2) is 4.37. The molecule has 3 heteroatoms. The summed E-state index contributed by atoms with van der Waals surface area (Å²) < 4.78 is 0. The molecule has 1 heterocycles. The van der Waals surface area contributed by atoms with Crippen LogP contribution < -0.4 is 5.32 Å². The number of benzene rings is 1. The van der Waals surface area contributed by atoms with Crippen LogP contribution in [0.5, 0.6) is 0 Å². The van der Waals surface area contributed by atoms with Crippen LogP contribution in [-0.2, 0) is 6.54 Å². The average Bonchev–Trinajstić information content (AvgIpc) is 2.29. The van der Waals surface area contributed by atoms with E-state index in [1.54, 1.807) is 18.6 Å². The third-order valence-electron chi connectivity index (χ3n) is 1.86. The van der Waals surface area contributed by atoms with Crippen LogP contribution in [0.25, 0.3) is 0 Å². The molecule has 0 saturated heterocycles.